The lowest BCUT2D eigenvalue weighted by Gasteiger charge is -2.27. The molecular weight excluding hydrogens is 455 g/mol. The number of nitrogens with two attached hydrogens (primary N) is 1. The van der Waals surface area contributed by atoms with Gasteiger partial charge < -0.3 is 19.9 Å². The van der Waals surface area contributed by atoms with Crippen LogP contribution in [0.5, 0.6) is 0 Å². The van der Waals surface area contributed by atoms with Crippen molar-refractivity contribution in [2.75, 3.05) is 26.3 Å². The quantitative estimate of drug-likeness (QED) is 0.584. The molecule has 0 aliphatic carbocycles. The van der Waals surface area contributed by atoms with E-state index in [9.17, 15) is 14.4 Å². The molecule has 2 N–H and O–H groups in total. The van der Waals surface area contributed by atoms with E-state index in [0.29, 0.717) is 48.5 Å². The molecule has 10 heteroatoms. The monoisotopic (exact) mass is 474 g/mol. The smallest absolute Gasteiger partial charge is 0.255 e. The first-order valence-corrected chi connectivity index (χ1v) is 10.6. The highest BCUT2D eigenvalue weighted by Gasteiger charge is 2.28. The summed E-state index contributed by atoms with van der Waals surface area (Å²) in [4.78, 5) is 44.2. The van der Waals surface area contributed by atoms with E-state index in [2.05, 4.69) is 4.98 Å². The van der Waals surface area contributed by atoms with Gasteiger partial charge in [0.1, 0.15) is 0 Å². The lowest BCUT2D eigenvalue weighted by Crippen LogP contribution is -2.40. The highest BCUT2D eigenvalue weighted by Crippen LogP contribution is 2.32. The molecule has 8 nitrogen and oxygen atoms in total. The number of hydrogen-bond donors (Lipinski definition) is 1. The van der Waals surface area contributed by atoms with Gasteiger partial charge in [-0.1, -0.05) is 23.2 Å². The zero-order chi connectivity index (χ0) is 23.2. The third-order valence-electron chi connectivity index (χ3n) is 5.51. The molecule has 4 rings (SSSR count). The lowest BCUT2D eigenvalue weighted by molar-refractivity contribution is 0.0303. The van der Waals surface area contributed by atoms with Crippen LogP contribution in [0.1, 0.15) is 42.5 Å². The van der Waals surface area contributed by atoms with E-state index in [0.717, 1.165) is 0 Å². The minimum atomic E-state index is -0.579. The normalized spacial score (nSPS) is 14.1. The second-order valence-electron chi connectivity index (χ2n) is 7.54. The molecule has 2 aromatic carbocycles. The van der Waals surface area contributed by atoms with E-state index < -0.39 is 11.7 Å². The standard InChI is InChI=1S/C22H20Cl2N4O4/c1-11-9-12(20(25)30)10-15-18(11)26-21(27(15)2)19(29)16-14(23)4-3-13(17(16)24)22(31)28-5-7-32-8-6-28/h3-4,9-10H,5-8H2,1-2H3,(H2,25,30). The number of rotatable bonds is 4. The summed E-state index contributed by atoms with van der Waals surface area (Å²) in [6.45, 7) is 3.53. The summed E-state index contributed by atoms with van der Waals surface area (Å²) < 4.78 is 6.84. The number of fused-ring (bicyclic) bond motifs is 1. The van der Waals surface area contributed by atoms with Crippen molar-refractivity contribution in [3.63, 3.8) is 0 Å². The Bertz CT molecular complexity index is 1280. The molecule has 0 saturated carbocycles. The number of imidazole rings is 1. The van der Waals surface area contributed by atoms with Gasteiger partial charge in [0.05, 0.1) is 45.4 Å². The molecule has 0 spiro atoms. The maximum absolute atomic E-state index is 13.5. The van der Waals surface area contributed by atoms with Gasteiger partial charge in [0.2, 0.25) is 11.7 Å². The van der Waals surface area contributed by atoms with Crippen LogP contribution < -0.4 is 5.73 Å². The van der Waals surface area contributed by atoms with Crippen molar-refractivity contribution in [3.8, 4) is 0 Å². The Balaban J connectivity index is 1.80. The van der Waals surface area contributed by atoms with E-state index in [-0.39, 0.29) is 32.9 Å². The van der Waals surface area contributed by atoms with E-state index in [1.807, 2.05) is 0 Å². The first-order chi connectivity index (χ1) is 15.2. The Morgan fingerprint density at radius 3 is 2.47 bits per heavy atom. The van der Waals surface area contributed by atoms with Crippen LogP contribution in [0.3, 0.4) is 0 Å². The van der Waals surface area contributed by atoms with E-state index in [1.54, 1.807) is 35.6 Å². The number of aryl methyl sites for hydroxylation is 2. The van der Waals surface area contributed by atoms with Gasteiger partial charge in [-0.15, -0.1) is 0 Å². The van der Waals surface area contributed by atoms with Crippen LogP contribution in [0.25, 0.3) is 11.0 Å². The van der Waals surface area contributed by atoms with Crippen LogP contribution >= 0.6 is 23.2 Å². The Labute approximate surface area is 193 Å². The fourth-order valence-corrected chi connectivity index (χ4v) is 4.40. The second-order valence-corrected chi connectivity index (χ2v) is 8.32. The maximum Gasteiger partial charge on any atom is 0.255 e. The van der Waals surface area contributed by atoms with Gasteiger partial charge in [-0.05, 0) is 36.8 Å². The molecule has 1 fully saturated rings. The van der Waals surface area contributed by atoms with Crippen LogP contribution in [-0.2, 0) is 11.8 Å². The van der Waals surface area contributed by atoms with Crippen molar-refractivity contribution in [2.45, 2.75) is 6.92 Å². The number of benzene rings is 2. The predicted octanol–water partition coefficient (Wildman–Crippen LogP) is 2.99. The number of carbonyl (C=O) groups is 3. The zero-order valence-electron chi connectivity index (χ0n) is 17.4. The molecule has 2 amide bonds. The number of nitrogens with zero attached hydrogens (tertiary/aromatic N) is 3. The van der Waals surface area contributed by atoms with Gasteiger partial charge in [-0.25, -0.2) is 4.98 Å². The minimum Gasteiger partial charge on any atom is -0.378 e. The summed E-state index contributed by atoms with van der Waals surface area (Å²) >= 11 is 12.9. The van der Waals surface area contributed by atoms with Crippen molar-refractivity contribution in [1.82, 2.24) is 14.5 Å². The Morgan fingerprint density at radius 1 is 1.12 bits per heavy atom. The fourth-order valence-electron chi connectivity index (χ4n) is 3.78. The Hall–Kier alpha value is -2.94. The van der Waals surface area contributed by atoms with Gasteiger partial charge in [0.15, 0.2) is 5.82 Å². The molecule has 0 unspecified atom stereocenters. The summed E-state index contributed by atoms with van der Waals surface area (Å²) in [6.07, 6.45) is 0. The van der Waals surface area contributed by atoms with Gasteiger partial charge in [0, 0.05) is 25.7 Å². The summed E-state index contributed by atoms with van der Waals surface area (Å²) in [6, 6.07) is 6.19. The van der Waals surface area contributed by atoms with Crippen molar-refractivity contribution in [3.05, 3.63) is 62.4 Å². The number of morpholine rings is 1. The number of aromatic nitrogens is 2. The zero-order valence-corrected chi connectivity index (χ0v) is 19.0. The molecule has 1 aromatic heterocycles. The van der Waals surface area contributed by atoms with Crippen LogP contribution in [0.15, 0.2) is 24.3 Å². The van der Waals surface area contributed by atoms with Gasteiger partial charge in [-0.2, -0.15) is 0 Å². The summed E-state index contributed by atoms with van der Waals surface area (Å²) in [5.74, 6) is -1.33. The molecule has 0 radical (unpaired) electrons. The maximum atomic E-state index is 13.5. The average Bonchev–Trinajstić information content (AvgIpc) is 3.11. The van der Waals surface area contributed by atoms with E-state index in [1.165, 1.54) is 12.1 Å². The summed E-state index contributed by atoms with van der Waals surface area (Å²) in [5, 5.41) is 0.0840. The van der Waals surface area contributed by atoms with Crippen molar-refractivity contribution >= 4 is 51.8 Å². The van der Waals surface area contributed by atoms with Crippen LogP contribution in [0.4, 0.5) is 0 Å². The number of amides is 2. The molecule has 0 atom stereocenters. The molecule has 166 valence electrons. The fraction of sp³-hybridized carbons (Fsp3) is 0.273. The summed E-state index contributed by atoms with van der Waals surface area (Å²) in [5.41, 5.74) is 7.72. The Kier molecular flexibility index (Phi) is 5.94. The first kappa shape index (κ1) is 22.3. The molecule has 3 aromatic rings. The van der Waals surface area contributed by atoms with Crippen molar-refractivity contribution in [1.29, 1.82) is 0 Å². The first-order valence-electron chi connectivity index (χ1n) is 9.87. The van der Waals surface area contributed by atoms with Gasteiger partial charge >= 0.3 is 0 Å². The number of carbonyl (C=O) groups excluding carboxylic acids is 3. The highest BCUT2D eigenvalue weighted by atomic mass is 35.5. The second kappa shape index (κ2) is 8.54. The number of ether oxygens (including phenoxy) is 1. The molecule has 1 aliphatic heterocycles. The SMILES string of the molecule is Cc1cc(C(N)=O)cc2c1nc(C(=O)c1c(Cl)ccc(C(=O)N3CCOCC3)c1Cl)n2C. The molecular formula is C22H20Cl2N4O4. The number of halogens is 2. The van der Waals surface area contributed by atoms with Gasteiger partial charge in [-0.3, -0.25) is 14.4 Å². The third kappa shape index (κ3) is 3.74. The molecule has 2 heterocycles. The van der Waals surface area contributed by atoms with E-state index >= 15 is 0 Å². The number of hydrogen-bond acceptors (Lipinski definition) is 5. The minimum absolute atomic E-state index is 0.00127. The number of ketones is 1. The van der Waals surface area contributed by atoms with Crippen LogP contribution in [0.2, 0.25) is 10.0 Å². The number of primary amides is 1. The van der Waals surface area contributed by atoms with Crippen molar-refractivity contribution in [2.24, 2.45) is 12.8 Å². The van der Waals surface area contributed by atoms with Crippen LogP contribution in [0, 0.1) is 6.92 Å². The summed E-state index contributed by atoms with van der Waals surface area (Å²) in [7, 11) is 1.65. The average molecular weight is 475 g/mol. The Morgan fingerprint density at radius 2 is 1.81 bits per heavy atom. The molecule has 1 aliphatic rings. The lowest BCUT2D eigenvalue weighted by atomic mass is 10.0. The predicted molar refractivity (Wildman–Crippen MR) is 121 cm³/mol. The largest absolute Gasteiger partial charge is 0.378 e. The molecule has 0 bridgehead atoms. The molecule has 1 saturated heterocycles. The highest BCUT2D eigenvalue weighted by molar-refractivity contribution is 6.42. The van der Waals surface area contributed by atoms with Crippen molar-refractivity contribution < 1.29 is 19.1 Å². The third-order valence-corrected chi connectivity index (χ3v) is 6.22. The van der Waals surface area contributed by atoms with Crippen LogP contribution in [-0.4, -0.2) is 58.4 Å². The van der Waals surface area contributed by atoms with E-state index in [4.69, 9.17) is 33.7 Å². The molecule has 32 heavy (non-hydrogen) atoms. The van der Waals surface area contributed by atoms with Gasteiger partial charge in [0.25, 0.3) is 5.91 Å². The topological polar surface area (TPSA) is 108 Å².